The van der Waals surface area contributed by atoms with Crippen molar-refractivity contribution < 1.29 is 4.79 Å². The number of rotatable bonds is 7. The molecule has 1 amide bonds. The molecule has 0 aliphatic heterocycles. The van der Waals surface area contributed by atoms with Gasteiger partial charge in [0.2, 0.25) is 0 Å². The van der Waals surface area contributed by atoms with E-state index in [1.165, 1.54) is 22.5 Å². The van der Waals surface area contributed by atoms with Crippen molar-refractivity contribution in [3.8, 4) is 0 Å². The quantitative estimate of drug-likeness (QED) is 0.414. The van der Waals surface area contributed by atoms with Crippen molar-refractivity contribution in [3.05, 3.63) is 117 Å². The van der Waals surface area contributed by atoms with Crippen LogP contribution >= 0.6 is 11.3 Å². The van der Waals surface area contributed by atoms with Gasteiger partial charge in [-0.25, -0.2) is 4.98 Å². The van der Waals surface area contributed by atoms with Gasteiger partial charge in [-0.05, 0) is 30.2 Å². The van der Waals surface area contributed by atoms with Gasteiger partial charge in [0.15, 0.2) is 0 Å². The number of thiazole rings is 1. The summed E-state index contributed by atoms with van der Waals surface area (Å²) >= 11 is 1.53. The van der Waals surface area contributed by atoms with Gasteiger partial charge in [-0.1, -0.05) is 66.2 Å². The number of carbonyl (C=O) groups is 1. The largest absolute Gasteiger partial charge is 0.327 e. The van der Waals surface area contributed by atoms with Gasteiger partial charge >= 0.3 is 0 Å². The van der Waals surface area contributed by atoms with E-state index < -0.39 is 0 Å². The van der Waals surface area contributed by atoms with Crippen LogP contribution in [0.5, 0.6) is 0 Å². The lowest BCUT2D eigenvalue weighted by molar-refractivity contribution is 0.0722. The third-order valence-electron chi connectivity index (χ3n) is 4.79. The van der Waals surface area contributed by atoms with Gasteiger partial charge in [0, 0.05) is 24.5 Å². The zero-order valence-corrected chi connectivity index (χ0v) is 17.7. The van der Waals surface area contributed by atoms with E-state index in [0.29, 0.717) is 18.8 Å². The molecular weight excluding hydrogens is 390 g/mol. The van der Waals surface area contributed by atoms with Gasteiger partial charge in [-0.3, -0.25) is 9.78 Å². The fourth-order valence-electron chi connectivity index (χ4n) is 3.34. The fourth-order valence-corrected chi connectivity index (χ4v) is 4.14. The summed E-state index contributed by atoms with van der Waals surface area (Å²) in [6, 6.07) is 24.2. The Bertz CT molecular complexity index is 1110. The maximum atomic E-state index is 13.3. The molecule has 5 heteroatoms. The van der Waals surface area contributed by atoms with E-state index in [1.54, 1.807) is 6.20 Å². The minimum absolute atomic E-state index is 0.0716. The number of hydrogen-bond acceptors (Lipinski definition) is 4. The van der Waals surface area contributed by atoms with E-state index in [2.05, 4.69) is 41.2 Å². The molecule has 30 heavy (non-hydrogen) atoms. The van der Waals surface area contributed by atoms with Crippen molar-refractivity contribution in [2.75, 3.05) is 0 Å². The molecule has 0 N–H and O–H groups in total. The molecule has 0 aliphatic carbocycles. The van der Waals surface area contributed by atoms with Crippen molar-refractivity contribution in [3.63, 3.8) is 0 Å². The lowest BCUT2D eigenvalue weighted by Gasteiger charge is -2.22. The highest BCUT2D eigenvalue weighted by Crippen LogP contribution is 2.19. The highest BCUT2D eigenvalue weighted by Gasteiger charge is 2.20. The van der Waals surface area contributed by atoms with E-state index in [1.807, 2.05) is 58.8 Å². The number of pyridine rings is 1. The van der Waals surface area contributed by atoms with E-state index in [9.17, 15) is 4.79 Å². The zero-order chi connectivity index (χ0) is 20.8. The fraction of sp³-hybridized carbons (Fsp3) is 0.160. The van der Waals surface area contributed by atoms with Crippen LogP contribution in [0.25, 0.3) is 0 Å². The molecule has 0 saturated heterocycles. The zero-order valence-electron chi connectivity index (χ0n) is 16.9. The highest BCUT2D eigenvalue weighted by molar-refractivity contribution is 7.09. The van der Waals surface area contributed by atoms with Crippen molar-refractivity contribution in [2.24, 2.45) is 0 Å². The van der Waals surface area contributed by atoms with Crippen LogP contribution in [0, 0.1) is 6.92 Å². The first kappa shape index (κ1) is 20.0. The van der Waals surface area contributed by atoms with Gasteiger partial charge in [0.05, 0.1) is 17.2 Å². The van der Waals surface area contributed by atoms with Crippen LogP contribution in [0.15, 0.2) is 84.4 Å². The molecule has 0 atom stereocenters. The first-order valence-electron chi connectivity index (χ1n) is 9.90. The Labute approximate surface area is 180 Å². The van der Waals surface area contributed by atoms with E-state index in [-0.39, 0.29) is 5.91 Å². The molecule has 0 saturated carbocycles. The molecule has 0 spiro atoms. The highest BCUT2D eigenvalue weighted by atomic mass is 32.1. The van der Waals surface area contributed by atoms with Crippen LogP contribution in [0.4, 0.5) is 0 Å². The minimum Gasteiger partial charge on any atom is -0.327 e. The molecule has 0 fully saturated rings. The smallest absolute Gasteiger partial charge is 0.273 e. The second kappa shape index (κ2) is 9.46. The Balaban J connectivity index is 1.55. The Morgan fingerprint density at radius 1 is 0.933 bits per heavy atom. The number of aromatic nitrogens is 2. The normalized spacial score (nSPS) is 10.7. The average Bonchev–Trinajstić information content (AvgIpc) is 3.23. The van der Waals surface area contributed by atoms with Gasteiger partial charge in [-0.15, -0.1) is 11.3 Å². The predicted molar refractivity (Wildman–Crippen MR) is 120 cm³/mol. The Morgan fingerprint density at radius 2 is 1.73 bits per heavy atom. The van der Waals surface area contributed by atoms with E-state index in [4.69, 9.17) is 0 Å². The summed E-state index contributed by atoms with van der Waals surface area (Å²) in [4.78, 5) is 24.2. The standard InChI is InChI=1S/C25H23N3OS/c1-19-8-7-11-21(14-19)16-28(17-22-12-5-6-13-26-22)25(29)23-18-30-24(27-23)15-20-9-3-2-4-10-20/h2-14,18H,15-17H2,1H3. The molecule has 2 aromatic heterocycles. The Hall–Kier alpha value is -3.31. The number of nitrogens with zero attached hydrogens (tertiary/aromatic N) is 3. The summed E-state index contributed by atoms with van der Waals surface area (Å²) in [5.74, 6) is -0.0716. The van der Waals surface area contributed by atoms with Crippen molar-refractivity contribution >= 4 is 17.2 Å². The number of benzene rings is 2. The van der Waals surface area contributed by atoms with Crippen LogP contribution in [-0.4, -0.2) is 20.8 Å². The third kappa shape index (κ3) is 5.19. The summed E-state index contributed by atoms with van der Waals surface area (Å²) in [6.45, 7) is 3.02. The van der Waals surface area contributed by atoms with Gasteiger partial charge in [0.1, 0.15) is 5.69 Å². The number of amides is 1. The van der Waals surface area contributed by atoms with Crippen molar-refractivity contribution in [1.29, 1.82) is 0 Å². The molecule has 0 radical (unpaired) electrons. The average molecular weight is 414 g/mol. The molecular formula is C25H23N3OS. The maximum Gasteiger partial charge on any atom is 0.273 e. The number of hydrogen-bond donors (Lipinski definition) is 0. The molecule has 2 aromatic carbocycles. The number of aryl methyl sites for hydroxylation is 1. The lowest BCUT2D eigenvalue weighted by Crippen LogP contribution is -2.30. The molecule has 0 unspecified atom stereocenters. The molecule has 0 bridgehead atoms. The van der Waals surface area contributed by atoms with E-state index in [0.717, 1.165) is 22.7 Å². The molecule has 4 rings (SSSR count). The van der Waals surface area contributed by atoms with Crippen LogP contribution in [0.3, 0.4) is 0 Å². The molecule has 4 aromatic rings. The monoisotopic (exact) mass is 413 g/mol. The second-order valence-corrected chi connectivity index (χ2v) is 8.20. The Morgan fingerprint density at radius 3 is 2.50 bits per heavy atom. The first-order valence-corrected chi connectivity index (χ1v) is 10.8. The van der Waals surface area contributed by atoms with Crippen molar-refractivity contribution in [1.82, 2.24) is 14.9 Å². The van der Waals surface area contributed by atoms with Gasteiger partial charge < -0.3 is 4.90 Å². The lowest BCUT2D eigenvalue weighted by atomic mass is 10.1. The van der Waals surface area contributed by atoms with Crippen molar-refractivity contribution in [2.45, 2.75) is 26.4 Å². The van der Waals surface area contributed by atoms with Crippen LogP contribution in [-0.2, 0) is 19.5 Å². The SMILES string of the molecule is Cc1cccc(CN(Cc2ccccn2)C(=O)c2csc(Cc3ccccc3)n2)c1. The molecule has 150 valence electrons. The summed E-state index contributed by atoms with van der Waals surface area (Å²) in [6.07, 6.45) is 2.49. The topological polar surface area (TPSA) is 46.1 Å². The summed E-state index contributed by atoms with van der Waals surface area (Å²) in [5.41, 5.74) is 4.82. The molecule has 2 heterocycles. The first-order chi connectivity index (χ1) is 14.7. The number of carbonyl (C=O) groups excluding carboxylic acids is 1. The summed E-state index contributed by atoms with van der Waals surface area (Å²) in [7, 11) is 0. The van der Waals surface area contributed by atoms with Gasteiger partial charge in [0.25, 0.3) is 5.91 Å². The maximum absolute atomic E-state index is 13.3. The predicted octanol–water partition coefficient (Wildman–Crippen LogP) is 5.28. The second-order valence-electron chi connectivity index (χ2n) is 7.26. The van der Waals surface area contributed by atoms with Crippen LogP contribution < -0.4 is 0 Å². The van der Waals surface area contributed by atoms with Crippen LogP contribution in [0.2, 0.25) is 0 Å². The van der Waals surface area contributed by atoms with Gasteiger partial charge in [-0.2, -0.15) is 0 Å². The summed E-state index contributed by atoms with van der Waals surface area (Å²) in [5, 5.41) is 2.81. The van der Waals surface area contributed by atoms with Crippen LogP contribution in [0.1, 0.15) is 37.9 Å². The third-order valence-corrected chi connectivity index (χ3v) is 5.64. The molecule has 4 nitrogen and oxygen atoms in total. The minimum atomic E-state index is -0.0716. The summed E-state index contributed by atoms with van der Waals surface area (Å²) < 4.78 is 0. The Kier molecular flexibility index (Phi) is 6.30. The van der Waals surface area contributed by atoms with E-state index >= 15 is 0 Å². The molecule has 0 aliphatic rings.